The molecule has 0 radical (unpaired) electrons. The molecule has 5 heteroatoms. The van der Waals surface area contributed by atoms with Crippen LogP contribution in [-0.4, -0.2) is 57.9 Å². The molecule has 0 saturated carbocycles. The fraction of sp³-hybridized carbons (Fsp3) is 0.667. The second kappa shape index (κ2) is 5.48. The molecular formula is C15H22N4O. The molecule has 2 aliphatic heterocycles. The molecule has 1 aromatic rings. The first-order valence-corrected chi connectivity index (χ1v) is 7.48. The molecule has 2 saturated heterocycles. The molecule has 0 aliphatic carbocycles. The van der Waals surface area contributed by atoms with Gasteiger partial charge in [0.2, 0.25) is 0 Å². The number of hydrogen-bond acceptors (Lipinski definition) is 4. The number of piperidine rings is 2. The highest BCUT2D eigenvalue weighted by Crippen LogP contribution is 2.35. The number of likely N-dealkylation sites (N-methyl/N-ethyl adjacent to an activating group) is 1. The van der Waals surface area contributed by atoms with Gasteiger partial charge in [-0.3, -0.25) is 14.7 Å². The van der Waals surface area contributed by atoms with Crippen molar-refractivity contribution >= 4 is 5.91 Å². The van der Waals surface area contributed by atoms with Gasteiger partial charge in [-0.25, -0.2) is 4.98 Å². The lowest BCUT2D eigenvalue weighted by Gasteiger charge is -2.50. The van der Waals surface area contributed by atoms with Crippen molar-refractivity contribution in [2.45, 2.75) is 37.6 Å². The van der Waals surface area contributed by atoms with E-state index in [1.807, 2.05) is 4.90 Å². The van der Waals surface area contributed by atoms with Crippen LogP contribution in [0, 0.1) is 0 Å². The van der Waals surface area contributed by atoms with Crippen LogP contribution in [0.5, 0.6) is 0 Å². The van der Waals surface area contributed by atoms with Crippen molar-refractivity contribution in [3.8, 4) is 0 Å². The fourth-order valence-corrected chi connectivity index (χ4v) is 3.60. The van der Waals surface area contributed by atoms with Crippen LogP contribution in [0.2, 0.25) is 0 Å². The lowest BCUT2D eigenvalue weighted by molar-refractivity contribution is 0.00277. The second-order valence-corrected chi connectivity index (χ2v) is 6.02. The summed E-state index contributed by atoms with van der Waals surface area (Å²) >= 11 is 0. The Morgan fingerprint density at radius 2 is 2.05 bits per heavy atom. The monoisotopic (exact) mass is 274 g/mol. The van der Waals surface area contributed by atoms with Crippen LogP contribution in [-0.2, 0) is 0 Å². The van der Waals surface area contributed by atoms with E-state index in [2.05, 4.69) is 21.9 Å². The first-order chi connectivity index (χ1) is 9.71. The third kappa shape index (κ3) is 2.42. The maximum atomic E-state index is 12.5. The molecule has 2 fully saturated rings. The number of rotatable bonds is 1. The average Bonchev–Trinajstić information content (AvgIpc) is 2.51. The van der Waals surface area contributed by atoms with Crippen molar-refractivity contribution in [2.75, 3.05) is 26.7 Å². The third-order valence-electron chi connectivity index (χ3n) is 4.82. The number of amides is 1. The summed E-state index contributed by atoms with van der Waals surface area (Å²) in [6.45, 7) is 2.82. The number of likely N-dealkylation sites (tertiary alicyclic amines) is 2. The number of hydrogen-bond donors (Lipinski definition) is 0. The molecule has 5 nitrogen and oxygen atoms in total. The zero-order valence-corrected chi connectivity index (χ0v) is 12.1. The van der Waals surface area contributed by atoms with E-state index in [1.54, 1.807) is 18.6 Å². The Kier molecular flexibility index (Phi) is 3.70. The summed E-state index contributed by atoms with van der Waals surface area (Å²) in [5, 5.41) is 0. The minimum Gasteiger partial charge on any atom is -0.335 e. The Labute approximate surface area is 120 Å². The first-order valence-electron chi connectivity index (χ1n) is 7.48. The Hall–Kier alpha value is -1.49. The molecule has 0 aromatic carbocycles. The number of nitrogens with zero attached hydrogens (tertiary/aromatic N) is 4. The molecule has 3 rings (SSSR count). The summed E-state index contributed by atoms with van der Waals surface area (Å²) in [5.41, 5.74) is 0.650. The highest BCUT2D eigenvalue weighted by Gasteiger charge is 2.41. The quantitative estimate of drug-likeness (QED) is 0.780. The first kappa shape index (κ1) is 13.5. The van der Waals surface area contributed by atoms with Gasteiger partial charge in [0.05, 0.1) is 6.20 Å². The second-order valence-electron chi connectivity index (χ2n) is 6.02. The highest BCUT2D eigenvalue weighted by atomic mass is 16.2. The van der Waals surface area contributed by atoms with E-state index < -0.39 is 0 Å². The van der Waals surface area contributed by atoms with Crippen LogP contribution < -0.4 is 0 Å². The smallest absolute Gasteiger partial charge is 0.274 e. The van der Waals surface area contributed by atoms with Gasteiger partial charge in [0, 0.05) is 31.0 Å². The third-order valence-corrected chi connectivity index (χ3v) is 4.82. The van der Waals surface area contributed by atoms with Crippen LogP contribution in [0.1, 0.15) is 42.6 Å². The maximum Gasteiger partial charge on any atom is 0.274 e. The lowest BCUT2D eigenvalue weighted by atomic mass is 9.80. The topological polar surface area (TPSA) is 49.3 Å². The fourth-order valence-electron chi connectivity index (χ4n) is 3.60. The molecular weight excluding hydrogens is 252 g/mol. The normalized spacial score (nSPS) is 27.8. The van der Waals surface area contributed by atoms with E-state index in [0.717, 1.165) is 26.1 Å². The average molecular weight is 274 g/mol. The molecule has 1 unspecified atom stereocenters. The molecule has 3 heterocycles. The van der Waals surface area contributed by atoms with E-state index in [9.17, 15) is 4.79 Å². The van der Waals surface area contributed by atoms with Crippen molar-refractivity contribution in [3.05, 3.63) is 24.3 Å². The highest BCUT2D eigenvalue weighted by molar-refractivity contribution is 5.92. The predicted octanol–water partition coefficient (Wildman–Crippen LogP) is 1.57. The van der Waals surface area contributed by atoms with Crippen LogP contribution in [0.15, 0.2) is 18.6 Å². The minimum absolute atomic E-state index is 0.0242. The Morgan fingerprint density at radius 3 is 2.80 bits per heavy atom. The van der Waals surface area contributed by atoms with Gasteiger partial charge in [0.15, 0.2) is 0 Å². The van der Waals surface area contributed by atoms with E-state index in [4.69, 9.17) is 0 Å². The van der Waals surface area contributed by atoms with Crippen LogP contribution in [0.4, 0.5) is 0 Å². The van der Waals surface area contributed by atoms with Crippen molar-refractivity contribution in [1.82, 2.24) is 19.8 Å². The summed E-state index contributed by atoms with van der Waals surface area (Å²) in [4.78, 5) is 25.1. The van der Waals surface area contributed by atoms with Gasteiger partial charge in [0.1, 0.15) is 5.69 Å². The van der Waals surface area contributed by atoms with E-state index in [-0.39, 0.29) is 11.4 Å². The van der Waals surface area contributed by atoms with Gasteiger partial charge in [-0.1, -0.05) is 6.42 Å². The molecule has 1 amide bonds. The Morgan fingerprint density at radius 1 is 1.20 bits per heavy atom. The van der Waals surface area contributed by atoms with E-state index >= 15 is 0 Å². The zero-order valence-electron chi connectivity index (χ0n) is 12.1. The van der Waals surface area contributed by atoms with E-state index in [0.29, 0.717) is 5.69 Å². The maximum absolute atomic E-state index is 12.5. The largest absolute Gasteiger partial charge is 0.335 e. The number of carbonyl (C=O) groups excluding carboxylic acids is 1. The van der Waals surface area contributed by atoms with Crippen LogP contribution in [0.3, 0.4) is 0 Å². The summed E-state index contributed by atoms with van der Waals surface area (Å²) in [6.07, 6.45) is 10.8. The summed E-state index contributed by atoms with van der Waals surface area (Å²) in [7, 11) is 2.20. The SMILES string of the molecule is CN1CCCCC12CCCN(C(=O)c1cnccn1)C2. The standard InChI is InChI=1S/C15H22N4O/c1-18-9-3-2-5-15(18)6-4-10-19(12-15)14(20)13-11-16-7-8-17-13/h7-8,11H,2-6,9-10,12H2,1H3. The summed E-state index contributed by atoms with van der Waals surface area (Å²) in [5.74, 6) is 0.0242. The molecule has 0 N–H and O–H groups in total. The predicted molar refractivity (Wildman–Crippen MR) is 76.4 cm³/mol. The van der Waals surface area contributed by atoms with Crippen molar-refractivity contribution in [1.29, 1.82) is 0 Å². The molecule has 2 aliphatic rings. The molecule has 20 heavy (non-hydrogen) atoms. The number of carbonyl (C=O) groups is 1. The zero-order chi connectivity index (χ0) is 14.0. The number of aromatic nitrogens is 2. The lowest BCUT2D eigenvalue weighted by Crippen LogP contribution is -2.60. The summed E-state index contributed by atoms with van der Waals surface area (Å²) < 4.78 is 0. The molecule has 1 aromatic heterocycles. The molecule has 108 valence electrons. The van der Waals surface area contributed by atoms with Gasteiger partial charge in [-0.05, 0) is 39.3 Å². The van der Waals surface area contributed by atoms with Crippen molar-refractivity contribution in [2.24, 2.45) is 0 Å². The summed E-state index contributed by atoms with van der Waals surface area (Å²) in [6, 6.07) is 0. The van der Waals surface area contributed by atoms with Crippen molar-refractivity contribution < 1.29 is 4.79 Å². The Balaban J connectivity index is 1.76. The van der Waals surface area contributed by atoms with Gasteiger partial charge in [-0.15, -0.1) is 0 Å². The van der Waals surface area contributed by atoms with Crippen LogP contribution in [0.25, 0.3) is 0 Å². The van der Waals surface area contributed by atoms with Gasteiger partial charge < -0.3 is 4.90 Å². The molecule has 1 atom stereocenters. The van der Waals surface area contributed by atoms with Crippen LogP contribution >= 0.6 is 0 Å². The van der Waals surface area contributed by atoms with Gasteiger partial charge in [-0.2, -0.15) is 0 Å². The van der Waals surface area contributed by atoms with Gasteiger partial charge in [0.25, 0.3) is 5.91 Å². The Bertz CT molecular complexity index is 474. The molecule has 0 bridgehead atoms. The molecule has 1 spiro atoms. The van der Waals surface area contributed by atoms with E-state index in [1.165, 1.54) is 25.7 Å². The van der Waals surface area contributed by atoms with Gasteiger partial charge >= 0.3 is 0 Å². The van der Waals surface area contributed by atoms with Crippen molar-refractivity contribution in [3.63, 3.8) is 0 Å². The minimum atomic E-state index is 0.0242.